The van der Waals surface area contributed by atoms with Gasteiger partial charge in [0.25, 0.3) is 0 Å². The lowest BCUT2D eigenvalue weighted by molar-refractivity contribution is 0.0469. The highest BCUT2D eigenvalue weighted by molar-refractivity contribution is 6.42. The van der Waals surface area contributed by atoms with E-state index in [0.29, 0.717) is 10.8 Å². The number of Topliss-reactive ketones (excluding diaryl/α,β-unsaturated/α-hetero) is 1. The van der Waals surface area contributed by atoms with Crippen LogP contribution >= 0.6 is 34.8 Å². The maximum absolute atomic E-state index is 12.4. The molecule has 0 atom stereocenters. The third-order valence-corrected chi connectivity index (χ3v) is 4.87. The summed E-state index contributed by atoms with van der Waals surface area (Å²) in [6.07, 6.45) is 0. The molecule has 3 aromatic rings. The van der Waals surface area contributed by atoms with Crippen LogP contribution in [0.4, 0.5) is 0 Å². The van der Waals surface area contributed by atoms with Gasteiger partial charge in [-0.15, -0.1) is 0 Å². The SMILES string of the molecule is Cc1cc(C)n(-c2ccc(Cl)c(C(=O)OCC(=O)c3ccc(Cl)c(Cl)c3)n2)n1. The summed E-state index contributed by atoms with van der Waals surface area (Å²) >= 11 is 17.8. The maximum Gasteiger partial charge on any atom is 0.359 e. The number of rotatable bonds is 5. The number of carbonyl (C=O) groups excluding carboxylic acids is 2. The molecule has 0 fully saturated rings. The average Bonchev–Trinajstić information content (AvgIpc) is 3.00. The number of aryl methyl sites for hydroxylation is 2. The lowest BCUT2D eigenvalue weighted by Crippen LogP contribution is -2.16. The van der Waals surface area contributed by atoms with Gasteiger partial charge in [0.1, 0.15) is 0 Å². The Labute approximate surface area is 176 Å². The smallest absolute Gasteiger partial charge is 0.359 e. The number of nitrogens with zero attached hydrogens (tertiary/aromatic N) is 3. The molecule has 144 valence electrons. The van der Waals surface area contributed by atoms with Gasteiger partial charge < -0.3 is 4.74 Å². The monoisotopic (exact) mass is 437 g/mol. The number of ketones is 1. The van der Waals surface area contributed by atoms with Crippen molar-refractivity contribution in [2.45, 2.75) is 13.8 Å². The molecule has 0 spiro atoms. The Morgan fingerprint density at radius 1 is 1.00 bits per heavy atom. The van der Waals surface area contributed by atoms with Crippen LogP contribution in [0, 0.1) is 13.8 Å². The third-order valence-electron chi connectivity index (χ3n) is 3.83. The van der Waals surface area contributed by atoms with Crippen molar-refractivity contribution in [3.63, 3.8) is 0 Å². The van der Waals surface area contributed by atoms with E-state index < -0.39 is 18.4 Å². The van der Waals surface area contributed by atoms with Gasteiger partial charge in [-0.25, -0.2) is 14.5 Å². The Hall–Kier alpha value is -2.41. The minimum absolute atomic E-state index is 0.103. The largest absolute Gasteiger partial charge is 0.453 e. The van der Waals surface area contributed by atoms with Crippen molar-refractivity contribution in [2.75, 3.05) is 6.61 Å². The summed E-state index contributed by atoms with van der Waals surface area (Å²) in [5.74, 6) is -0.836. The van der Waals surface area contributed by atoms with E-state index >= 15 is 0 Å². The molecule has 3 rings (SSSR count). The summed E-state index contributed by atoms with van der Waals surface area (Å²) in [4.78, 5) is 28.9. The fraction of sp³-hybridized carbons (Fsp3) is 0.158. The standard InChI is InChI=1S/C19H14Cl3N3O3/c1-10-7-11(2)25(24-10)17-6-5-14(21)18(23-17)19(27)28-9-16(26)12-3-4-13(20)15(22)8-12/h3-8H,9H2,1-2H3. The number of aromatic nitrogens is 3. The van der Waals surface area contributed by atoms with Gasteiger partial charge in [-0.05, 0) is 50.2 Å². The van der Waals surface area contributed by atoms with Crippen LogP contribution in [-0.4, -0.2) is 33.1 Å². The van der Waals surface area contributed by atoms with Gasteiger partial charge in [0.15, 0.2) is 23.9 Å². The van der Waals surface area contributed by atoms with Crippen LogP contribution in [0.25, 0.3) is 5.82 Å². The molecule has 9 heteroatoms. The zero-order valence-electron chi connectivity index (χ0n) is 14.9. The highest BCUT2D eigenvalue weighted by Gasteiger charge is 2.18. The van der Waals surface area contributed by atoms with Crippen molar-refractivity contribution in [1.82, 2.24) is 14.8 Å². The first-order valence-corrected chi connectivity index (χ1v) is 9.25. The van der Waals surface area contributed by atoms with Gasteiger partial charge in [0.2, 0.25) is 0 Å². The lowest BCUT2D eigenvalue weighted by atomic mass is 10.1. The first-order chi connectivity index (χ1) is 13.3. The van der Waals surface area contributed by atoms with Crippen LogP contribution in [0.5, 0.6) is 0 Å². The zero-order valence-corrected chi connectivity index (χ0v) is 17.1. The van der Waals surface area contributed by atoms with E-state index in [1.807, 2.05) is 19.9 Å². The Balaban J connectivity index is 1.77. The second-order valence-corrected chi connectivity index (χ2v) is 7.19. The minimum Gasteiger partial charge on any atom is -0.453 e. The summed E-state index contributed by atoms with van der Waals surface area (Å²) in [5, 5.41) is 4.99. The number of carbonyl (C=O) groups is 2. The molecule has 1 aromatic carbocycles. The van der Waals surface area contributed by atoms with Gasteiger partial charge in [-0.3, -0.25) is 4.79 Å². The van der Waals surface area contributed by atoms with Gasteiger partial charge in [-0.2, -0.15) is 5.10 Å². The van der Waals surface area contributed by atoms with Crippen molar-refractivity contribution in [2.24, 2.45) is 0 Å². The van der Waals surface area contributed by atoms with Crippen LogP contribution in [-0.2, 0) is 4.74 Å². The topological polar surface area (TPSA) is 74.1 Å². The van der Waals surface area contributed by atoms with Crippen molar-refractivity contribution in [1.29, 1.82) is 0 Å². The highest BCUT2D eigenvalue weighted by atomic mass is 35.5. The molecule has 28 heavy (non-hydrogen) atoms. The van der Waals surface area contributed by atoms with Crippen LogP contribution in [0.3, 0.4) is 0 Å². The van der Waals surface area contributed by atoms with E-state index in [9.17, 15) is 9.59 Å². The number of benzene rings is 1. The molecule has 0 N–H and O–H groups in total. The van der Waals surface area contributed by atoms with E-state index in [1.165, 1.54) is 24.3 Å². The van der Waals surface area contributed by atoms with Gasteiger partial charge in [0.05, 0.1) is 20.8 Å². The predicted octanol–water partition coefficient (Wildman–Crippen LogP) is 4.88. The van der Waals surface area contributed by atoms with Gasteiger partial charge >= 0.3 is 5.97 Å². The number of pyridine rings is 1. The second-order valence-electron chi connectivity index (χ2n) is 5.97. The number of hydrogen-bond donors (Lipinski definition) is 0. The Kier molecular flexibility index (Phi) is 6.03. The van der Waals surface area contributed by atoms with Crippen molar-refractivity contribution < 1.29 is 14.3 Å². The summed E-state index contributed by atoms with van der Waals surface area (Å²) < 4.78 is 6.67. The molecule has 0 radical (unpaired) electrons. The van der Waals surface area contributed by atoms with Crippen LogP contribution in [0.2, 0.25) is 15.1 Å². The number of esters is 1. The van der Waals surface area contributed by atoms with Gasteiger partial charge in [-0.1, -0.05) is 34.8 Å². The summed E-state index contributed by atoms with van der Waals surface area (Å²) in [6, 6.07) is 9.45. The molecule has 0 bridgehead atoms. The minimum atomic E-state index is -0.818. The number of ether oxygens (including phenoxy) is 1. The number of hydrogen-bond acceptors (Lipinski definition) is 5. The Bertz CT molecular complexity index is 1080. The van der Waals surface area contributed by atoms with Crippen molar-refractivity contribution in [3.8, 4) is 5.82 Å². The molecule has 0 unspecified atom stereocenters. The van der Waals surface area contributed by atoms with Crippen LogP contribution < -0.4 is 0 Å². The average molecular weight is 439 g/mol. The summed E-state index contributed by atoms with van der Waals surface area (Å²) in [6.45, 7) is 3.23. The zero-order chi connectivity index (χ0) is 20.4. The van der Waals surface area contributed by atoms with Crippen LogP contribution in [0.1, 0.15) is 32.2 Å². The summed E-state index contributed by atoms with van der Waals surface area (Å²) in [5.41, 5.74) is 1.83. The molecule has 0 saturated heterocycles. The van der Waals surface area contributed by atoms with Gasteiger partial charge in [0, 0.05) is 11.3 Å². The van der Waals surface area contributed by atoms with E-state index in [4.69, 9.17) is 39.5 Å². The first-order valence-electron chi connectivity index (χ1n) is 8.12. The molecule has 0 aliphatic carbocycles. The quantitative estimate of drug-likeness (QED) is 0.419. The van der Waals surface area contributed by atoms with E-state index in [2.05, 4.69) is 10.1 Å². The fourth-order valence-corrected chi connectivity index (χ4v) is 2.99. The van der Waals surface area contributed by atoms with Crippen LogP contribution in [0.15, 0.2) is 36.4 Å². The maximum atomic E-state index is 12.4. The molecule has 6 nitrogen and oxygen atoms in total. The van der Waals surface area contributed by atoms with E-state index in [0.717, 1.165) is 11.4 Å². The lowest BCUT2D eigenvalue weighted by Gasteiger charge is -2.09. The highest BCUT2D eigenvalue weighted by Crippen LogP contribution is 2.23. The molecule has 0 saturated carbocycles. The summed E-state index contributed by atoms with van der Waals surface area (Å²) in [7, 11) is 0. The Morgan fingerprint density at radius 3 is 2.36 bits per heavy atom. The molecular weight excluding hydrogens is 425 g/mol. The predicted molar refractivity (Wildman–Crippen MR) is 107 cm³/mol. The second kappa shape index (κ2) is 8.31. The van der Waals surface area contributed by atoms with E-state index in [-0.39, 0.29) is 21.3 Å². The normalized spacial score (nSPS) is 10.8. The molecule has 0 amide bonds. The molecular formula is C19H14Cl3N3O3. The fourth-order valence-electron chi connectivity index (χ4n) is 2.51. The first kappa shape index (κ1) is 20.3. The Morgan fingerprint density at radius 2 is 1.71 bits per heavy atom. The van der Waals surface area contributed by atoms with Crippen molar-refractivity contribution >= 4 is 46.6 Å². The number of halogens is 3. The molecule has 2 aromatic heterocycles. The molecule has 0 aliphatic rings. The van der Waals surface area contributed by atoms with Crippen molar-refractivity contribution in [3.05, 3.63) is 74.1 Å². The molecule has 0 aliphatic heterocycles. The van der Waals surface area contributed by atoms with E-state index in [1.54, 1.807) is 10.7 Å². The third kappa shape index (κ3) is 4.35. The molecule has 2 heterocycles.